The lowest BCUT2D eigenvalue weighted by Gasteiger charge is -2.27. The van der Waals surface area contributed by atoms with Gasteiger partial charge in [0.05, 0.1) is 12.5 Å². The average molecular weight is 939 g/mol. The first-order chi connectivity index (χ1) is 31.5. The molecule has 3 rings (SSSR count). The van der Waals surface area contributed by atoms with Gasteiger partial charge in [-0.25, -0.2) is 0 Å². The number of nitrogens with two attached hydrogens (primary N) is 3. The summed E-state index contributed by atoms with van der Waals surface area (Å²) < 4.78 is 0. The summed E-state index contributed by atoms with van der Waals surface area (Å²) in [4.78, 5) is 143. The zero-order valence-electron chi connectivity index (χ0n) is 36.1. The van der Waals surface area contributed by atoms with Crippen molar-refractivity contribution in [2.45, 2.75) is 107 Å². The van der Waals surface area contributed by atoms with Gasteiger partial charge in [0.2, 0.25) is 47.3 Å². The molecule has 25 heteroatoms. The second-order valence-corrected chi connectivity index (χ2v) is 15.5. The number of primary amides is 2. The van der Waals surface area contributed by atoms with Gasteiger partial charge in [0, 0.05) is 42.8 Å². The average Bonchev–Trinajstić information content (AvgIpc) is 3.67. The summed E-state index contributed by atoms with van der Waals surface area (Å²) in [6.45, 7) is 1.15. The van der Waals surface area contributed by atoms with E-state index in [1.807, 2.05) is 0 Å². The third-order valence-corrected chi connectivity index (χ3v) is 10.1. The van der Waals surface area contributed by atoms with Gasteiger partial charge in [0.15, 0.2) is 0 Å². The highest BCUT2D eigenvalue weighted by atomic mass is 16.4. The Bertz CT molecular complexity index is 2320. The molecule has 17 N–H and O–H groups in total. The van der Waals surface area contributed by atoms with Crippen molar-refractivity contribution in [3.63, 3.8) is 0 Å². The molecule has 0 aliphatic carbocycles. The van der Waals surface area contributed by atoms with Gasteiger partial charge in [0.1, 0.15) is 42.0 Å². The SMILES string of the molecule is C[C@H](NC(=O)[C@H](CCC(N)=O)NC(=O)[C@H](Cc1c[nH]c2ccccc12)NC(=O)[C@H](CCC(N)=O)NC(=O)[C@H](CC(=O)O)NC(=O)[C@H](CCC(=O)O)NC(=O)[C@@H](N)Cc1ccc(O)cc1)C(=O)O. The molecule has 0 saturated heterocycles. The molecular weight excluding hydrogens is 885 g/mol. The van der Waals surface area contributed by atoms with Crippen molar-refractivity contribution in [1.82, 2.24) is 36.9 Å². The maximum absolute atomic E-state index is 14.1. The van der Waals surface area contributed by atoms with Crippen molar-refractivity contribution < 1.29 is 73.2 Å². The molecule has 0 bridgehead atoms. The number of carboxylic acids is 3. The number of hydrogen-bond donors (Lipinski definition) is 14. The molecule has 1 heterocycles. The number of aliphatic carboxylic acids is 3. The van der Waals surface area contributed by atoms with Gasteiger partial charge in [-0.1, -0.05) is 30.3 Å². The number of aromatic nitrogens is 1. The van der Waals surface area contributed by atoms with Crippen molar-refractivity contribution in [3.05, 3.63) is 65.9 Å². The van der Waals surface area contributed by atoms with Crippen LogP contribution in [0.15, 0.2) is 54.7 Å². The number of nitrogens with one attached hydrogen (secondary N) is 7. The minimum Gasteiger partial charge on any atom is -0.508 e. The van der Waals surface area contributed by atoms with Gasteiger partial charge in [-0.15, -0.1) is 0 Å². The Balaban J connectivity index is 1.93. The van der Waals surface area contributed by atoms with E-state index in [1.54, 1.807) is 24.3 Å². The molecule has 8 amide bonds. The second-order valence-electron chi connectivity index (χ2n) is 15.5. The first-order valence-corrected chi connectivity index (χ1v) is 20.7. The minimum atomic E-state index is -2.01. The topological polar surface area (TPSA) is 435 Å². The van der Waals surface area contributed by atoms with Crippen molar-refractivity contribution in [3.8, 4) is 5.75 Å². The Morgan fingerprint density at radius 2 is 1.03 bits per heavy atom. The molecule has 0 spiro atoms. The van der Waals surface area contributed by atoms with Crippen LogP contribution in [0.3, 0.4) is 0 Å². The highest BCUT2D eigenvalue weighted by Gasteiger charge is 2.35. The summed E-state index contributed by atoms with van der Waals surface area (Å²) in [5, 5.41) is 52.3. The van der Waals surface area contributed by atoms with E-state index in [4.69, 9.17) is 17.2 Å². The van der Waals surface area contributed by atoms with E-state index >= 15 is 0 Å². The zero-order chi connectivity index (χ0) is 50.0. The Kier molecular flexibility index (Phi) is 20.2. The Morgan fingerprint density at radius 1 is 0.567 bits per heavy atom. The summed E-state index contributed by atoms with van der Waals surface area (Å²) in [6, 6.07) is 1.13. The number of rotatable bonds is 28. The number of fused-ring (bicyclic) bond motifs is 1. The largest absolute Gasteiger partial charge is 0.508 e. The summed E-state index contributed by atoms with van der Waals surface area (Å²) in [5.74, 6) is -13.0. The molecule has 1 aromatic heterocycles. The van der Waals surface area contributed by atoms with E-state index in [2.05, 4.69) is 36.9 Å². The molecule has 0 unspecified atom stereocenters. The molecule has 2 aromatic carbocycles. The van der Waals surface area contributed by atoms with Crippen LogP contribution >= 0.6 is 0 Å². The Labute approximate surface area is 381 Å². The standard InChI is InChI=1S/C42H54N10O15/c1-20(42(66)67)47-37(61)27(10-13-32(44)54)49-40(64)30(17-22-19-46-26-5-3-2-4-24(22)26)51-38(62)28(11-14-33(45)55)50-41(65)31(18-35(58)59)52-39(63)29(12-15-34(56)57)48-36(60)25(43)16-21-6-8-23(53)9-7-21/h2-9,19-20,25,27-31,46,53H,10-18,43H2,1H3,(H2,44,54)(H2,45,55)(H,47,61)(H,48,60)(H,49,64)(H,50,65)(H,51,62)(H,52,63)(H,56,57)(H,58,59)(H,66,67)/t20-,25-,27-,28-,29-,30-,31-/m0/s1. The number of aromatic amines is 1. The Morgan fingerprint density at radius 3 is 1.55 bits per heavy atom. The molecular formula is C42H54N10O15. The number of carbonyl (C=O) groups excluding carboxylic acids is 8. The highest BCUT2D eigenvalue weighted by molar-refractivity contribution is 5.98. The van der Waals surface area contributed by atoms with E-state index < -0.39 is 152 Å². The molecule has 0 radical (unpaired) electrons. The lowest BCUT2D eigenvalue weighted by atomic mass is 10.0. The molecule has 7 atom stereocenters. The molecule has 0 fully saturated rings. The van der Waals surface area contributed by atoms with Crippen LogP contribution in [0.25, 0.3) is 10.9 Å². The summed E-state index contributed by atoms with van der Waals surface area (Å²) >= 11 is 0. The van der Waals surface area contributed by atoms with E-state index in [1.165, 1.54) is 30.5 Å². The van der Waals surface area contributed by atoms with E-state index in [0.717, 1.165) is 6.92 Å². The van der Waals surface area contributed by atoms with Gasteiger partial charge < -0.3 is 74.5 Å². The molecule has 362 valence electrons. The molecule has 25 nitrogen and oxygen atoms in total. The number of amides is 8. The van der Waals surface area contributed by atoms with Crippen LogP contribution in [0.4, 0.5) is 0 Å². The molecule has 0 aliphatic heterocycles. The number of benzene rings is 2. The van der Waals surface area contributed by atoms with Crippen LogP contribution in [-0.2, 0) is 65.6 Å². The number of H-pyrrole nitrogens is 1. The van der Waals surface area contributed by atoms with Crippen molar-refractivity contribution >= 4 is 76.1 Å². The van der Waals surface area contributed by atoms with Gasteiger partial charge in [-0.05, 0) is 61.9 Å². The van der Waals surface area contributed by atoms with E-state index in [0.29, 0.717) is 22.0 Å². The quantitative estimate of drug-likeness (QED) is 0.0342. The monoisotopic (exact) mass is 938 g/mol. The van der Waals surface area contributed by atoms with Crippen LogP contribution < -0.4 is 49.1 Å². The number of carbonyl (C=O) groups is 11. The third kappa shape index (κ3) is 17.8. The smallest absolute Gasteiger partial charge is 0.325 e. The lowest BCUT2D eigenvalue weighted by Crippen LogP contribution is -2.60. The predicted molar refractivity (Wildman–Crippen MR) is 233 cm³/mol. The fraction of sp³-hybridized carbons (Fsp3) is 0.405. The maximum Gasteiger partial charge on any atom is 0.325 e. The lowest BCUT2D eigenvalue weighted by molar-refractivity contribution is -0.142. The third-order valence-electron chi connectivity index (χ3n) is 10.1. The van der Waals surface area contributed by atoms with Crippen molar-refractivity contribution in [2.24, 2.45) is 17.2 Å². The normalized spacial score (nSPS) is 14.1. The predicted octanol–water partition coefficient (Wildman–Crippen LogP) is -3.13. The minimum absolute atomic E-state index is 0.0531. The van der Waals surface area contributed by atoms with Gasteiger partial charge in [0.25, 0.3) is 0 Å². The highest BCUT2D eigenvalue weighted by Crippen LogP contribution is 2.20. The van der Waals surface area contributed by atoms with Gasteiger partial charge in [-0.3, -0.25) is 52.7 Å². The first-order valence-electron chi connectivity index (χ1n) is 20.7. The van der Waals surface area contributed by atoms with Crippen LogP contribution in [0.1, 0.15) is 63.0 Å². The van der Waals surface area contributed by atoms with Crippen molar-refractivity contribution in [1.29, 1.82) is 0 Å². The summed E-state index contributed by atoms with van der Waals surface area (Å²) in [7, 11) is 0. The zero-order valence-corrected chi connectivity index (χ0v) is 36.1. The van der Waals surface area contributed by atoms with Crippen LogP contribution in [0.5, 0.6) is 5.75 Å². The fourth-order valence-electron chi connectivity index (χ4n) is 6.48. The van der Waals surface area contributed by atoms with Crippen molar-refractivity contribution in [2.75, 3.05) is 0 Å². The second kappa shape index (κ2) is 25.4. The molecule has 0 saturated carbocycles. The number of carboxylic acid groups (broad SMARTS) is 3. The molecule has 67 heavy (non-hydrogen) atoms. The number of aromatic hydroxyl groups is 1. The summed E-state index contributed by atoms with van der Waals surface area (Å²) in [6.07, 6.45) is -3.13. The van der Waals surface area contributed by atoms with E-state index in [9.17, 15) is 73.2 Å². The van der Waals surface area contributed by atoms with Crippen LogP contribution in [0, 0.1) is 0 Å². The van der Waals surface area contributed by atoms with E-state index in [-0.39, 0.29) is 18.6 Å². The summed E-state index contributed by atoms with van der Waals surface area (Å²) in [5.41, 5.74) is 18.3. The molecule has 3 aromatic rings. The number of phenols is 1. The number of phenolic OH excluding ortho intramolecular Hbond substituents is 1. The molecule has 0 aliphatic rings. The Hall–Kier alpha value is -8.09. The van der Waals surface area contributed by atoms with Gasteiger partial charge >= 0.3 is 17.9 Å². The maximum atomic E-state index is 14.1. The number of hydrogen-bond acceptors (Lipinski definition) is 13. The van der Waals surface area contributed by atoms with Crippen LogP contribution in [0.2, 0.25) is 0 Å². The number of para-hydroxylation sites is 1. The fourth-order valence-corrected chi connectivity index (χ4v) is 6.48. The van der Waals surface area contributed by atoms with Crippen LogP contribution in [-0.4, -0.2) is 133 Å². The first kappa shape index (κ1) is 53.2. The van der Waals surface area contributed by atoms with Gasteiger partial charge in [-0.2, -0.15) is 0 Å².